The molecule has 15 rings (SSSR count). The lowest BCUT2D eigenvalue weighted by atomic mass is 9.87. The number of benzene rings is 12. The number of aromatic nitrogens is 4. The first-order valence-corrected chi connectivity index (χ1v) is 25.4. The van der Waals surface area contributed by atoms with E-state index in [1.165, 1.54) is 32.3 Å². The minimum atomic E-state index is 0.580. The summed E-state index contributed by atoms with van der Waals surface area (Å²) < 4.78 is 6.83. The van der Waals surface area contributed by atoms with Gasteiger partial charge in [-0.3, -0.25) is 0 Å². The summed E-state index contributed by atoms with van der Waals surface area (Å²) in [6.45, 7) is 0. The summed E-state index contributed by atoms with van der Waals surface area (Å²) in [4.78, 5) is 21.1. The second-order valence-corrected chi connectivity index (χ2v) is 19.3. The number of fused-ring (bicyclic) bond motifs is 12. The highest BCUT2D eigenvalue weighted by molar-refractivity contribution is 6.30. The van der Waals surface area contributed by atoms with Gasteiger partial charge in [0.1, 0.15) is 11.2 Å². The zero-order chi connectivity index (χ0) is 49.4. The highest BCUT2D eigenvalue weighted by Crippen LogP contribution is 2.48. The lowest BCUT2D eigenvalue weighted by Gasteiger charge is -2.17. The van der Waals surface area contributed by atoms with Crippen LogP contribution >= 0.6 is 0 Å². The average Bonchev–Trinajstić information content (AvgIpc) is 3.89. The number of nitrogens with zero attached hydrogens (tertiary/aromatic N) is 4. The van der Waals surface area contributed by atoms with Crippen LogP contribution in [0.2, 0.25) is 0 Å². The standard InChI is InChI=1S/C70H42N4O/c1-4-18-43(19-5-1)49-38-50(44-20-6-2-7-21-44)40-51(39-49)70-73-68(46-22-8-3-9-23-46)72-69(74-70)47-34-32-45(33-35-47)67-60-42-63-66(58-29-15-17-31-62(58)75-63)64(65(60)57-28-14-16-30-61(57)71-67)48-36-37-56-54-26-11-10-24-52(54)53-25-12-13-27-55(53)59(56)41-48/h1-42H. The van der Waals surface area contributed by atoms with Crippen LogP contribution in [0.25, 0.3) is 155 Å². The molecule has 0 aliphatic rings. The first-order valence-electron chi connectivity index (χ1n) is 25.4. The Labute approximate surface area is 431 Å². The molecule has 0 atom stereocenters. The lowest BCUT2D eigenvalue weighted by molar-refractivity contribution is 0.669. The van der Waals surface area contributed by atoms with Crippen molar-refractivity contribution in [3.8, 4) is 78.8 Å². The Morgan fingerprint density at radius 2 is 0.667 bits per heavy atom. The summed E-state index contributed by atoms with van der Waals surface area (Å²) in [5, 5.41) is 12.8. The molecule has 0 radical (unpaired) electrons. The van der Waals surface area contributed by atoms with Gasteiger partial charge >= 0.3 is 0 Å². The van der Waals surface area contributed by atoms with Gasteiger partial charge in [-0.2, -0.15) is 0 Å². The molecular formula is C70H42N4O. The molecule has 3 heterocycles. The monoisotopic (exact) mass is 954 g/mol. The first kappa shape index (κ1) is 42.6. The highest BCUT2D eigenvalue weighted by atomic mass is 16.3. The molecule has 0 amide bonds. The summed E-state index contributed by atoms with van der Waals surface area (Å²) >= 11 is 0. The Hall–Kier alpha value is -10.1. The third kappa shape index (κ3) is 7.16. The van der Waals surface area contributed by atoms with Crippen LogP contribution in [0.5, 0.6) is 0 Å². The number of hydrogen-bond acceptors (Lipinski definition) is 5. The zero-order valence-corrected chi connectivity index (χ0v) is 40.4. The molecule has 0 aliphatic heterocycles. The van der Waals surface area contributed by atoms with Gasteiger partial charge in [0.05, 0.1) is 11.2 Å². The molecule has 75 heavy (non-hydrogen) atoms. The van der Waals surface area contributed by atoms with Crippen LogP contribution in [-0.2, 0) is 0 Å². The van der Waals surface area contributed by atoms with Crippen molar-refractivity contribution >= 4 is 75.9 Å². The molecule has 0 bridgehead atoms. The van der Waals surface area contributed by atoms with Gasteiger partial charge in [0.25, 0.3) is 0 Å². The van der Waals surface area contributed by atoms with Gasteiger partial charge in [-0.15, -0.1) is 0 Å². The first-order chi connectivity index (χ1) is 37.2. The second kappa shape index (κ2) is 17.3. The fourth-order valence-corrected chi connectivity index (χ4v) is 11.4. The van der Waals surface area contributed by atoms with E-state index in [2.05, 4.69) is 206 Å². The van der Waals surface area contributed by atoms with E-state index in [4.69, 9.17) is 24.4 Å². The molecule has 0 unspecified atom stereocenters. The molecule has 15 aromatic rings. The summed E-state index contributed by atoms with van der Waals surface area (Å²) in [6.07, 6.45) is 0. The van der Waals surface area contributed by atoms with Crippen molar-refractivity contribution in [2.24, 2.45) is 0 Å². The van der Waals surface area contributed by atoms with Crippen LogP contribution < -0.4 is 0 Å². The van der Waals surface area contributed by atoms with Crippen molar-refractivity contribution in [1.82, 2.24) is 19.9 Å². The van der Waals surface area contributed by atoms with Gasteiger partial charge in [-0.05, 0) is 103 Å². The fraction of sp³-hybridized carbons (Fsp3) is 0. The quantitative estimate of drug-likeness (QED) is 0.149. The van der Waals surface area contributed by atoms with Gasteiger partial charge in [-0.25, -0.2) is 19.9 Å². The number of para-hydroxylation sites is 2. The maximum atomic E-state index is 6.83. The minimum Gasteiger partial charge on any atom is -0.456 e. The van der Waals surface area contributed by atoms with Crippen LogP contribution in [0.1, 0.15) is 0 Å². The van der Waals surface area contributed by atoms with Gasteiger partial charge in [-0.1, -0.05) is 212 Å². The minimum absolute atomic E-state index is 0.580. The van der Waals surface area contributed by atoms with E-state index in [0.717, 1.165) is 105 Å². The molecule has 0 fully saturated rings. The maximum absolute atomic E-state index is 6.83. The van der Waals surface area contributed by atoms with Gasteiger partial charge in [0.2, 0.25) is 0 Å². The van der Waals surface area contributed by atoms with E-state index >= 15 is 0 Å². The van der Waals surface area contributed by atoms with Crippen LogP contribution in [-0.4, -0.2) is 19.9 Å². The molecule has 0 saturated carbocycles. The molecule has 0 saturated heterocycles. The summed E-state index contributed by atoms with van der Waals surface area (Å²) in [5.41, 5.74) is 13.7. The molecule has 0 spiro atoms. The Morgan fingerprint density at radius 1 is 0.227 bits per heavy atom. The zero-order valence-electron chi connectivity index (χ0n) is 40.4. The van der Waals surface area contributed by atoms with Crippen molar-refractivity contribution in [2.75, 3.05) is 0 Å². The van der Waals surface area contributed by atoms with E-state index in [1.807, 2.05) is 48.5 Å². The third-order valence-corrected chi connectivity index (χ3v) is 14.9. The van der Waals surface area contributed by atoms with Gasteiger partial charge in [0.15, 0.2) is 17.5 Å². The van der Waals surface area contributed by atoms with Crippen LogP contribution in [0.4, 0.5) is 0 Å². The summed E-state index contributed by atoms with van der Waals surface area (Å²) in [6, 6.07) is 89.9. The molecule has 5 nitrogen and oxygen atoms in total. The summed E-state index contributed by atoms with van der Waals surface area (Å²) in [5.74, 6) is 1.78. The SMILES string of the molecule is c1ccc(-c2cc(-c3ccccc3)cc(-c3nc(-c4ccccc4)nc(-c4ccc(-c5nc6ccccc6c6c(-c7ccc8c9ccccc9c9ccccc9c8c7)c7c(cc56)oc5ccccc57)cc4)n3)c2)cc1. The molecule has 12 aromatic carbocycles. The Morgan fingerprint density at radius 3 is 1.28 bits per heavy atom. The van der Waals surface area contributed by atoms with E-state index in [-0.39, 0.29) is 0 Å². The number of rotatable bonds is 7. The topological polar surface area (TPSA) is 64.7 Å². The number of furan rings is 1. The average molecular weight is 955 g/mol. The van der Waals surface area contributed by atoms with Crippen molar-refractivity contribution in [3.05, 3.63) is 255 Å². The highest BCUT2D eigenvalue weighted by Gasteiger charge is 2.23. The van der Waals surface area contributed by atoms with Crippen molar-refractivity contribution in [3.63, 3.8) is 0 Å². The Bertz CT molecular complexity index is 4650. The number of hydrogen-bond donors (Lipinski definition) is 0. The van der Waals surface area contributed by atoms with Crippen molar-refractivity contribution < 1.29 is 4.42 Å². The molecule has 0 aliphatic carbocycles. The summed E-state index contributed by atoms with van der Waals surface area (Å²) in [7, 11) is 0. The molecular weight excluding hydrogens is 913 g/mol. The van der Waals surface area contributed by atoms with Crippen LogP contribution in [0, 0.1) is 0 Å². The van der Waals surface area contributed by atoms with Crippen LogP contribution in [0.3, 0.4) is 0 Å². The van der Waals surface area contributed by atoms with E-state index in [1.54, 1.807) is 0 Å². The van der Waals surface area contributed by atoms with Gasteiger partial charge in [0, 0.05) is 54.7 Å². The Balaban J connectivity index is 0.933. The van der Waals surface area contributed by atoms with Crippen molar-refractivity contribution in [1.29, 1.82) is 0 Å². The predicted octanol–water partition coefficient (Wildman–Crippen LogP) is 18.6. The molecule has 348 valence electrons. The molecule has 5 heteroatoms. The normalized spacial score (nSPS) is 11.7. The smallest absolute Gasteiger partial charge is 0.164 e. The fourth-order valence-electron chi connectivity index (χ4n) is 11.4. The van der Waals surface area contributed by atoms with Gasteiger partial charge < -0.3 is 4.42 Å². The van der Waals surface area contributed by atoms with E-state index in [0.29, 0.717) is 17.5 Å². The maximum Gasteiger partial charge on any atom is 0.164 e. The Kier molecular flexibility index (Phi) is 9.82. The van der Waals surface area contributed by atoms with Crippen molar-refractivity contribution in [2.45, 2.75) is 0 Å². The molecule has 0 N–H and O–H groups in total. The number of pyridine rings is 1. The second-order valence-electron chi connectivity index (χ2n) is 19.3. The third-order valence-electron chi connectivity index (χ3n) is 14.9. The lowest BCUT2D eigenvalue weighted by Crippen LogP contribution is -2.00. The predicted molar refractivity (Wildman–Crippen MR) is 310 cm³/mol. The van der Waals surface area contributed by atoms with E-state index < -0.39 is 0 Å². The van der Waals surface area contributed by atoms with Crippen LogP contribution in [0.15, 0.2) is 259 Å². The largest absolute Gasteiger partial charge is 0.456 e. The molecule has 3 aromatic heterocycles. The van der Waals surface area contributed by atoms with E-state index in [9.17, 15) is 0 Å².